The number of thiazole rings is 1. The van der Waals surface area contributed by atoms with Gasteiger partial charge in [-0.2, -0.15) is 0 Å². The average molecular weight is 234 g/mol. The van der Waals surface area contributed by atoms with Crippen LogP contribution in [0.4, 0.5) is 5.13 Å². The van der Waals surface area contributed by atoms with Crippen molar-refractivity contribution >= 4 is 16.5 Å². The van der Waals surface area contributed by atoms with Crippen LogP contribution in [0.1, 0.15) is 43.7 Å². The highest BCUT2D eigenvalue weighted by molar-refractivity contribution is 7.13. The minimum absolute atomic E-state index is 0.751. The number of anilines is 1. The Morgan fingerprint density at radius 1 is 1.06 bits per heavy atom. The predicted octanol–water partition coefficient (Wildman–Crippen LogP) is 3.27. The number of nitrogen functional groups attached to an aromatic ring is 1. The molecule has 0 spiro atoms. The predicted molar refractivity (Wildman–Crippen MR) is 66.3 cm³/mol. The summed E-state index contributed by atoms with van der Waals surface area (Å²) in [5.41, 5.74) is 7.10. The number of nitrogens with zero attached hydrogens (tertiary/aromatic N) is 1. The zero-order valence-electron chi connectivity index (χ0n) is 9.43. The summed E-state index contributed by atoms with van der Waals surface area (Å²) >= 11 is 1.62. The molecule has 2 N–H and O–H groups in total. The molecule has 4 aliphatic carbocycles. The Morgan fingerprint density at radius 2 is 1.69 bits per heavy atom. The third kappa shape index (κ3) is 1.27. The zero-order valence-corrected chi connectivity index (χ0v) is 10.2. The SMILES string of the molecule is Nc1nc(C2C3CC4CC(C3)CC2C4)cs1. The lowest BCUT2D eigenvalue weighted by molar-refractivity contribution is -0.00392. The molecule has 4 bridgehead atoms. The lowest BCUT2D eigenvalue weighted by atomic mass is 9.51. The van der Waals surface area contributed by atoms with Crippen LogP contribution in [0.3, 0.4) is 0 Å². The van der Waals surface area contributed by atoms with Gasteiger partial charge in [0, 0.05) is 11.3 Å². The number of aromatic nitrogens is 1. The zero-order chi connectivity index (χ0) is 10.7. The van der Waals surface area contributed by atoms with Crippen LogP contribution >= 0.6 is 11.3 Å². The van der Waals surface area contributed by atoms with Crippen molar-refractivity contribution in [2.45, 2.75) is 38.0 Å². The van der Waals surface area contributed by atoms with Crippen LogP contribution in [0.2, 0.25) is 0 Å². The maximum atomic E-state index is 5.78. The van der Waals surface area contributed by atoms with Crippen LogP contribution in [0.5, 0.6) is 0 Å². The summed E-state index contributed by atoms with van der Waals surface area (Å²) in [5.74, 6) is 4.71. The number of rotatable bonds is 1. The van der Waals surface area contributed by atoms with Crippen LogP contribution in [0, 0.1) is 23.7 Å². The molecule has 0 unspecified atom stereocenters. The van der Waals surface area contributed by atoms with E-state index in [9.17, 15) is 0 Å². The van der Waals surface area contributed by atoms with Crippen molar-refractivity contribution in [2.24, 2.45) is 23.7 Å². The first-order chi connectivity index (χ1) is 7.79. The fourth-order valence-electron chi connectivity index (χ4n) is 4.86. The first-order valence-electron chi connectivity index (χ1n) is 6.50. The normalized spacial score (nSPS) is 45.1. The summed E-state index contributed by atoms with van der Waals surface area (Å²) in [7, 11) is 0. The number of nitrogens with two attached hydrogens (primary N) is 1. The Bertz CT molecular complexity index is 384. The van der Waals surface area contributed by atoms with E-state index in [1.165, 1.54) is 37.8 Å². The molecule has 3 heteroatoms. The molecule has 0 atom stereocenters. The molecular formula is C13H18N2S. The van der Waals surface area contributed by atoms with Gasteiger partial charge in [-0.3, -0.25) is 0 Å². The minimum atomic E-state index is 0.751. The molecular weight excluding hydrogens is 216 g/mol. The molecule has 1 aromatic rings. The van der Waals surface area contributed by atoms with Gasteiger partial charge in [0.25, 0.3) is 0 Å². The van der Waals surface area contributed by atoms with Crippen molar-refractivity contribution in [1.29, 1.82) is 0 Å². The van der Waals surface area contributed by atoms with Crippen LogP contribution in [-0.2, 0) is 0 Å². The van der Waals surface area contributed by atoms with Gasteiger partial charge in [0.1, 0.15) is 0 Å². The summed E-state index contributed by atoms with van der Waals surface area (Å²) in [5, 5.41) is 2.96. The van der Waals surface area contributed by atoms with Gasteiger partial charge in [0.15, 0.2) is 5.13 Å². The standard InChI is InChI=1S/C13H18N2S/c14-13-15-11(6-16-13)12-9-2-7-1-8(4-9)5-10(12)3-7/h6-10,12H,1-5H2,(H2,14,15). The summed E-state index contributed by atoms with van der Waals surface area (Å²) in [4.78, 5) is 4.55. The maximum absolute atomic E-state index is 5.78. The molecule has 1 aromatic heterocycles. The lowest BCUT2D eigenvalue weighted by Gasteiger charge is -2.54. The molecule has 4 saturated carbocycles. The van der Waals surface area contributed by atoms with E-state index in [2.05, 4.69) is 10.4 Å². The fraction of sp³-hybridized carbons (Fsp3) is 0.769. The Labute approximate surface area is 100 Å². The monoisotopic (exact) mass is 234 g/mol. The third-order valence-electron chi connectivity index (χ3n) is 5.11. The fourth-order valence-corrected chi connectivity index (χ4v) is 5.47. The summed E-state index contributed by atoms with van der Waals surface area (Å²) in [6.07, 6.45) is 7.40. The van der Waals surface area contributed by atoms with E-state index in [0.717, 1.165) is 34.7 Å². The van der Waals surface area contributed by atoms with E-state index in [1.807, 2.05) is 0 Å². The smallest absolute Gasteiger partial charge is 0.180 e. The Kier molecular flexibility index (Phi) is 1.90. The second kappa shape index (κ2) is 3.22. The maximum Gasteiger partial charge on any atom is 0.180 e. The van der Waals surface area contributed by atoms with Gasteiger partial charge >= 0.3 is 0 Å². The Hall–Kier alpha value is -0.570. The largest absolute Gasteiger partial charge is 0.375 e. The first kappa shape index (κ1) is 9.46. The molecule has 0 aliphatic heterocycles. The molecule has 4 aliphatic rings. The molecule has 5 rings (SSSR count). The van der Waals surface area contributed by atoms with Crippen LogP contribution in [0.15, 0.2) is 5.38 Å². The molecule has 16 heavy (non-hydrogen) atoms. The average Bonchev–Trinajstić information content (AvgIpc) is 2.63. The summed E-state index contributed by atoms with van der Waals surface area (Å²) < 4.78 is 0. The molecule has 2 nitrogen and oxygen atoms in total. The van der Waals surface area contributed by atoms with Gasteiger partial charge < -0.3 is 5.73 Å². The first-order valence-corrected chi connectivity index (χ1v) is 7.38. The minimum Gasteiger partial charge on any atom is -0.375 e. The number of hydrogen-bond donors (Lipinski definition) is 1. The van der Waals surface area contributed by atoms with Gasteiger partial charge in [0.2, 0.25) is 0 Å². The molecule has 86 valence electrons. The molecule has 0 saturated heterocycles. The van der Waals surface area contributed by atoms with Crippen molar-refractivity contribution in [1.82, 2.24) is 4.98 Å². The molecule has 0 amide bonds. The molecule has 4 fully saturated rings. The van der Waals surface area contributed by atoms with E-state index in [4.69, 9.17) is 5.73 Å². The van der Waals surface area contributed by atoms with E-state index in [0.29, 0.717) is 0 Å². The van der Waals surface area contributed by atoms with E-state index in [1.54, 1.807) is 11.3 Å². The highest BCUT2D eigenvalue weighted by Crippen LogP contribution is 2.59. The van der Waals surface area contributed by atoms with E-state index < -0.39 is 0 Å². The van der Waals surface area contributed by atoms with Crippen molar-refractivity contribution in [2.75, 3.05) is 5.73 Å². The summed E-state index contributed by atoms with van der Waals surface area (Å²) in [6, 6.07) is 0. The topological polar surface area (TPSA) is 38.9 Å². The Morgan fingerprint density at radius 3 is 2.19 bits per heavy atom. The van der Waals surface area contributed by atoms with Gasteiger partial charge in [-0.15, -0.1) is 11.3 Å². The van der Waals surface area contributed by atoms with Crippen LogP contribution in [0.25, 0.3) is 0 Å². The van der Waals surface area contributed by atoms with Gasteiger partial charge in [-0.25, -0.2) is 4.98 Å². The molecule has 0 radical (unpaired) electrons. The second-order valence-corrected chi connectivity index (χ2v) is 6.96. The van der Waals surface area contributed by atoms with Crippen molar-refractivity contribution in [3.8, 4) is 0 Å². The quantitative estimate of drug-likeness (QED) is 0.810. The molecule has 0 aromatic carbocycles. The Balaban J connectivity index is 1.69. The van der Waals surface area contributed by atoms with E-state index >= 15 is 0 Å². The second-order valence-electron chi connectivity index (χ2n) is 6.07. The lowest BCUT2D eigenvalue weighted by Crippen LogP contribution is -2.43. The molecule has 1 heterocycles. The van der Waals surface area contributed by atoms with Crippen molar-refractivity contribution < 1.29 is 0 Å². The van der Waals surface area contributed by atoms with Crippen molar-refractivity contribution in [3.05, 3.63) is 11.1 Å². The number of hydrogen-bond acceptors (Lipinski definition) is 3. The third-order valence-corrected chi connectivity index (χ3v) is 5.80. The highest BCUT2D eigenvalue weighted by Gasteiger charge is 2.49. The summed E-state index contributed by atoms with van der Waals surface area (Å²) in [6.45, 7) is 0. The van der Waals surface area contributed by atoms with Crippen molar-refractivity contribution in [3.63, 3.8) is 0 Å². The van der Waals surface area contributed by atoms with Crippen LogP contribution < -0.4 is 5.73 Å². The van der Waals surface area contributed by atoms with E-state index in [-0.39, 0.29) is 0 Å². The van der Waals surface area contributed by atoms with Gasteiger partial charge in [-0.1, -0.05) is 0 Å². The highest BCUT2D eigenvalue weighted by atomic mass is 32.1. The van der Waals surface area contributed by atoms with Gasteiger partial charge in [0.05, 0.1) is 5.69 Å². The van der Waals surface area contributed by atoms with Gasteiger partial charge in [-0.05, 0) is 55.8 Å². The van der Waals surface area contributed by atoms with Crippen LogP contribution in [-0.4, -0.2) is 4.98 Å².